The van der Waals surface area contributed by atoms with Gasteiger partial charge in [-0.05, 0) is 30.7 Å². The second kappa shape index (κ2) is 8.76. The van der Waals surface area contributed by atoms with Crippen LogP contribution in [0.2, 0.25) is 0 Å². The SMILES string of the molecule is CCCOc1c(CNCc2ccccn2)cc(Br)cc1OC. The van der Waals surface area contributed by atoms with Gasteiger partial charge in [-0.1, -0.05) is 28.9 Å². The number of hydrogen-bond donors (Lipinski definition) is 1. The predicted octanol–water partition coefficient (Wildman–Crippen LogP) is 3.93. The molecule has 5 heteroatoms. The number of ether oxygens (including phenoxy) is 2. The van der Waals surface area contributed by atoms with Crippen molar-refractivity contribution in [2.45, 2.75) is 26.4 Å². The predicted molar refractivity (Wildman–Crippen MR) is 91.3 cm³/mol. The third kappa shape index (κ3) is 4.71. The average molecular weight is 365 g/mol. The van der Waals surface area contributed by atoms with Crippen LogP contribution < -0.4 is 14.8 Å². The second-order valence-electron chi connectivity index (χ2n) is 4.87. The summed E-state index contributed by atoms with van der Waals surface area (Å²) in [6.45, 7) is 4.16. The van der Waals surface area contributed by atoms with Gasteiger partial charge in [-0.25, -0.2) is 0 Å². The van der Waals surface area contributed by atoms with Gasteiger partial charge in [0.2, 0.25) is 0 Å². The van der Waals surface area contributed by atoms with Gasteiger partial charge in [0.25, 0.3) is 0 Å². The molecule has 0 atom stereocenters. The Morgan fingerprint density at radius 2 is 2.09 bits per heavy atom. The number of methoxy groups -OCH3 is 1. The standard InChI is InChI=1S/C17H21BrN2O2/c1-3-8-22-17-13(9-14(18)10-16(17)21-2)11-19-12-15-6-4-5-7-20-15/h4-7,9-10,19H,3,8,11-12H2,1-2H3. The van der Waals surface area contributed by atoms with Crippen molar-refractivity contribution in [2.75, 3.05) is 13.7 Å². The van der Waals surface area contributed by atoms with Crippen molar-refractivity contribution in [3.63, 3.8) is 0 Å². The minimum Gasteiger partial charge on any atom is -0.493 e. The van der Waals surface area contributed by atoms with E-state index in [0.717, 1.165) is 33.6 Å². The smallest absolute Gasteiger partial charge is 0.165 e. The van der Waals surface area contributed by atoms with Gasteiger partial charge in [-0.15, -0.1) is 0 Å². The fraction of sp³-hybridized carbons (Fsp3) is 0.353. The Morgan fingerprint density at radius 1 is 1.23 bits per heavy atom. The first-order valence-corrected chi connectivity index (χ1v) is 8.13. The van der Waals surface area contributed by atoms with Crippen LogP contribution >= 0.6 is 15.9 Å². The summed E-state index contributed by atoms with van der Waals surface area (Å²) in [5.74, 6) is 1.55. The van der Waals surface area contributed by atoms with E-state index in [-0.39, 0.29) is 0 Å². The zero-order valence-corrected chi connectivity index (χ0v) is 14.5. The van der Waals surface area contributed by atoms with E-state index in [0.29, 0.717) is 19.7 Å². The first kappa shape index (κ1) is 16.8. The van der Waals surface area contributed by atoms with E-state index in [1.165, 1.54) is 0 Å². The number of aromatic nitrogens is 1. The summed E-state index contributed by atoms with van der Waals surface area (Å²) in [7, 11) is 1.66. The molecule has 1 heterocycles. The van der Waals surface area contributed by atoms with Crippen molar-refractivity contribution >= 4 is 15.9 Å². The number of pyridine rings is 1. The van der Waals surface area contributed by atoms with Crippen molar-refractivity contribution in [1.29, 1.82) is 0 Å². The van der Waals surface area contributed by atoms with Crippen LogP contribution in [0.15, 0.2) is 41.0 Å². The largest absolute Gasteiger partial charge is 0.493 e. The van der Waals surface area contributed by atoms with Crippen LogP contribution in [-0.2, 0) is 13.1 Å². The number of nitrogens with one attached hydrogen (secondary N) is 1. The molecule has 0 saturated carbocycles. The monoisotopic (exact) mass is 364 g/mol. The minimum atomic E-state index is 0.672. The van der Waals surface area contributed by atoms with Crippen LogP contribution in [-0.4, -0.2) is 18.7 Å². The summed E-state index contributed by atoms with van der Waals surface area (Å²) in [6, 6.07) is 9.89. The molecule has 118 valence electrons. The highest BCUT2D eigenvalue weighted by Crippen LogP contribution is 2.35. The van der Waals surface area contributed by atoms with Crippen LogP contribution in [0.25, 0.3) is 0 Å². The van der Waals surface area contributed by atoms with Crippen LogP contribution in [0.5, 0.6) is 11.5 Å². The summed E-state index contributed by atoms with van der Waals surface area (Å²) in [4.78, 5) is 4.31. The summed E-state index contributed by atoms with van der Waals surface area (Å²) in [6.07, 6.45) is 2.76. The van der Waals surface area contributed by atoms with E-state index < -0.39 is 0 Å². The summed E-state index contributed by atoms with van der Waals surface area (Å²) in [5.41, 5.74) is 2.08. The molecule has 2 aromatic rings. The van der Waals surface area contributed by atoms with Gasteiger partial charge in [0.1, 0.15) is 0 Å². The summed E-state index contributed by atoms with van der Waals surface area (Å²) >= 11 is 3.52. The number of halogens is 1. The molecule has 22 heavy (non-hydrogen) atoms. The fourth-order valence-electron chi connectivity index (χ4n) is 2.10. The average Bonchev–Trinajstić information content (AvgIpc) is 2.54. The highest BCUT2D eigenvalue weighted by Gasteiger charge is 2.12. The van der Waals surface area contributed by atoms with Crippen molar-refractivity contribution in [3.8, 4) is 11.5 Å². The first-order valence-electron chi connectivity index (χ1n) is 7.34. The van der Waals surface area contributed by atoms with E-state index in [9.17, 15) is 0 Å². The van der Waals surface area contributed by atoms with Gasteiger partial charge >= 0.3 is 0 Å². The van der Waals surface area contributed by atoms with Crippen molar-refractivity contribution in [3.05, 3.63) is 52.3 Å². The molecule has 0 radical (unpaired) electrons. The maximum Gasteiger partial charge on any atom is 0.165 e. The van der Waals surface area contributed by atoms with Crippen LogP contribution in [0.1, 0.15) is 24.6 Å². The lowest BCUT2D eigenvalue weighted by molar-refractivity contribution is 0.290. The molecule has 4 nitrogen and oxygen atoms in total. The van der Waals surface area contributed by atoms with Crippen molar-refractivity contribution in [2.24, 2.45) is 0 Å². The molecule has 0 amide bonds. The zero-order chi connectivity index (χ0) is 15.8. The number of hydrogen-bond acceptors (Lipinski definition) is 4. The van der Waals surface area contributed by atoms with E-state index in [4.69, 9.17) is 9.47 Å². The van der Waals surface area contributed by atoms with E-state index in [2.05, 4.69) is 39.2 Å². The van der Waals surface area contributed by atoms with Gasteiger partial charge < -0.3 is 14.8 Å². The molecular formula is C17H21BrN2O2. The van der Waals surface area contributed by atoms with Crippen LogP contribution in [0.3, 0.4) is 0 Å². The molecule has 0 saturated heterocycles. The second-order valence-corrected chi connectivity index (χ2v) is 5.79. The van der Waals surface area contributed by atoms with Gasteiger partial charge in [-0.3, -0.25) is 4.98 Å². The minimum absolute atomic E-state index is 0.672. The molecule has 0 aliphatic carbocycles. The molecule has 0 aliphatic heterocycles. The van der Waals surface area contributed by atoms with E-state index in [1.807, 2.05) is 24.3 Å². The number of nitrogens with zero attached hydrogens (tertiary/aromatic N) is 1. The molecule has 0 spiro atoms. The van der Waals surface area contributed by atoms with Gasteiger partial charge in [0, 0.05) is 29.3 Å². The van der Waals surface area contributed by atoms with Crippen molar-refractivity contribution < 1.29 is 9.47 Å². The molecular weight excluding hydrogens is 344 g/mol. The Labute approximate surface area is 140 Å². The lowest BCUT2D eigenvalue weighted by Gasteiger charge is -2.16. The van der Waals surface area contributed by atoms with Gasteiger partial charge in [0.15, 0.2) is 11.5 Å². The lowest BCUT2D eigenvalue weighted by atomic mass is 10.1. The van der Waals surface area contributed by atoms with E-state index >= 15 is 0 Å². The Balaban J connectivity index is 2.09. The molecule has 0 unspecified atom stereocenters. The molecule has 2 rings (SSSR count). The number of benzene rings is 1. The Hall–Kier alpha value is -1.59. The third-order valence-corrected chi connectivity index (χ3v) is 3.57. The van der Waals surface area contributed by atoms with Gasteiger partial charge in [-0.2, -0.15) is 0 Å². The summed E-state index contributed by atoms with van der Waals surface area (Å²) in [5, 5.41) is 3.39. The van der Waals surface area contributed by atoms with E-state index in [1.54, 1.807) is 13.3 Å². The molecule has 0 fully saturated rings. The first-order chi connectivity index (χ1) is 10.7. The topological polar surface area (TPSA) is 43.4 Å². The summed E-state index contributed by atoms with van der Waals surface area (Å²) < 4.78 is 12.3. The highest BCUT2D eigenvalue weighted by molar-refractivity contribution is 9.10. The maximum absolute atomic E-state index is 5.86. The Bertz CT molecular complexity index is 591. The molecule has 1 N–H and O–H groups in total. The molecule has 1 aromatic carbocycles. The molecule has 1 aromatic heterocycles. The Kier molecular flexibility index (Phi) is 6.68. The quantitative estimate of drug-likeness (QED) is 0.770. The van der Waals surface area contributed by atoms with Crippen LogP contribution in [0, 0.1) is 0 Å². The van der Waals surface area contributed by atoms with Crippen LogP contribution in [0.4, 0.5) is 0 Å². The third-order valence-electron chi connectivity index (χ3n) is 3.11. The Morgan fingerprint density at radius 3 is 2.77 bits per heavy atom. The van der Waals surface area contributed by atoms with Gasteiger partial charge in [0.05, 0.1) is 19.4 Å². The fourth-order valence-corrected chi connectivity index (χ4v) is 2.59. The van der Waals surface area contributed by atoms with Crippen molar-refractivity contribution in [1.82, 2.24) is 10.3 Å². The normalized spacial score (nSPS) is 10.5. The highest BCUT2D eigenvalue weighted by atomic mass is 79.9. The lowest BCUT2D eigenvalue weighted by Crippen LogP contribution is -2.15. The number of rotatable bonds is 8. The zero-order valence-electron chi connectivity index (χ0n) is 12.9. The molecule has 0 aliphatic rings. The molecule has 0 bridgehead atoms. The maximum atomic E-state index is 5.86.